The van der Waals surface area contributed by atoms with E-state index in [1.165, 1.54) is 4.90 Å². The van der Waals surface area contributed by atoms with Gasteiger partial charge in [-0.15, -0.1) is 0 Å². The number of piperidine rings is 1. The summed E-state index contributed by atoms with van der Waals surface area (Å²) in [5, 5.41) is 11.4. The van der Waals surface area contributed by atoms with Gasteiger partial charge in [0, 0.05) is 19.3 Å². The van der Waals surface area contributed by atoms with Crippen molar-refractivity contribution < 1.29 is 27.6 Å². The Hall–Kier alpha value is -2.39. The van der Waals surface area contributed by atoms with Crippen LogP contribution in [0.4, 0.5) is 24.7 Å². The van der Waals surface area contributed by atoms with Gasteiger partial charge in [-0.2, -0.15) is 13.2 Å². The predicted molar refractivity (Wildman–Crippen MR) is 77.8 cm³/mol. The lowest BCUT2D eigenvalue weighted by Gasteiger charge is -2.34. The number of esters is 1. The first kappa shape index (κ1) is 18.0. The van der Waals surface area contributed by atoms with Crippen LogP contribution in [-0.2, 0) is 4.74 Å². The van der Waals surface area contributed by atoms with Crippen molar-refractivity contribution in [1.29, 1.82) is 0 Å². The number of pyridine rings is 1. The van der Waals surface area contributed by atoms with Crippen molar-refractivity contribution in [3.63, 3.8) is 0 Å². The molecule has 1 atom stereocenters. The third-order valence-electron chi connectivity index (χ3n) is 3.77. The fraction of sp³-hybridized carbons (Fsp3) is 0.571. The molecule has 1 fully saturated rings. The van der Waals surface area contributed by atoms with Crippen LogP contribution in [0.1, 0.15) is 30.1 Å². The Bertz CT molecular complexity index is 636. The molecule has 2 heterocycles. The summed E-state index contributed by atoms with van der Waals surface area (Å²) in [6.45, 7) is 1.34. The third kappa shape index (κ3) is 3.74. The van der Waals surface area contributed by atoms with Gasteiger partial charge in [0.2, 0.25) is 5.82 Å². The van der Waals surface area contributed by atoms with Crippen molar-refractivity contribution in [1.82, 2.24) is 4.98 Å². The first-order valence-corrected chi connectivity index (χ1v) is 7.37. The molecule has 1 aliphatic heterocycles. The van der Waals surface area contributed by atoms with Gasteiger partial charge in [-0.3, -0.25) is 10.1 Å². The second-order valence-corrected chi connectivity index (χ2v) is 5.34. The molecule has 1 aliphatic rings. The molecule has 0 aromatic carbocycles. The summed E-state index contributed by atoms with van der Waals surface area (Å²) < 4.78 is 43.6. The third-order valence-corrected chi connectivity index (χ3v) is 3.77. The quantitative estimate of drug-likeness (QED) is 0.473. The van der Waals surface area contributed by atoms with Gasteiger partial charge in [-0.1, -0.05) is 0 Å². The van der Waals surface area contributed by atoms with E-state index in [-0.39, 0.29) is 37.4 Å². The number of rotatable bonds is 4. The van der Waals surface area contributed by atoms with Crippen LogP contribution < -0.4 is 4.90 Å². The number of halogens is 3. The van der Waals surface area contributed by atoms with Crippen molar-refractivity contribution in [2.75, 3.05) is 24.6 Å². The van der Waals surface area contributed by atoms with Crippen LogP contribution in [0.15, 0.2) is 12.3 Å². The number of ether oxygens (including phenoxy) is 1. The van der Waals surface area contributed by atoms with Gasteiger partial charge in [0.25, 0.3) is 0 Å². The molecule has 2 rings (SSSR count). The molecule has 7 nitrogen and oxygen atoms in total. The van der Waals surface area contributed by atoms with E-state index in [1.54, 1.807) is 6.92 Å². The highest BCUT2D eigenvalue weighted by atomic mass is 19.4. The van der Waals surface area contributed by atoms with Crippen LogP contribution in [0.25, 0.3) is 0 Å². The topological polar surface area (TPSA) is 85.6 Å². The van der Waals surface area contributed by atoms with E-state index in [1.807, 2.05) is 0 Å². The lowest BCUT2D eigenvalue weighted by molar-refractivity contribution is -0.384. The van der Waals surface area contributed by atoms with Gasteiger partial charge in [-0.25, -0.2) is 9.78 Å². The zero-order chi connectivity index (χ0) is 17.9. The zero-order valence-electron chi connectivity index (χ0n) is 12.9. The highest BCUT2D eigenvalue weighted by molar-refractivity contribution is 5.96. The minimum absolute atomic E-state index is 0.0213. The number of hydrogen-bond acceptors (Lipinski definition) is 6. The van der Waals surface area contributed by atoms with Crippen molar-refractivity contribution in [3.8, 4) is 0 Å². The van der Waals surface area contributed by atoms with Gasteiger partial charge < -0.3 is 9.64 Å². The Morgan fingerprint density at radius 2 is 2.25 bits per heavy atom. The summed E-state index contributed by atoms with van der Waals surface area (Å²) in [6.07, 6.45) is -3.03. The highest BCUT2D eigenvalue weighted by Crippen LogP contribution is 2.37. The van der Waals surface area contributed by atoms with Crippen LogP contribution >= 0.6 is 0 Å². The minimum atomic E-state index is -4.38. The molecule has 1 aromatic rings. The maximum atomic E-state index is 12.9. The number of alkyl halides is 3. The second kappa shape index (κ2) is 7.02. The van der Waals surface area contributed by atoms with Crippen LogP contribution in [0.3, 0.4) is 0 Å². The van der Waals surface area contributed by atoms with Crippen LogP contribution in [0.5, 0.6) is 0 Å². The monoisotopic (exact) mass is 347 g/mol. The first-order valence-electron chi connectivity index (χ1n) is 7.37. The van der Waals surface area contributed by atoms with E-state index < -0.39 is 35.2 Å². The van der Waals surface area contributed by atoms with Gasteiger partial charge in [0.15, 0.2) is 0 Å². The Balaban J connectivity index is 2.41. The van der Waals surface area contributed by atoms with Gasteiger partial charge >= 0.3 is 17.8 Å². The van der Waals surface area contributed by atoms with Gasteiger partial charge in [0.05, 0.1) is 17.4 Å². The molecule has 0 saturated carbocycles. The molecule has 0 aliphatic carbocycles. The van der Waals surface area contributed by atoms with E-state index >= 15 is 0 Å². The Morgan fingerprint density at radius 3 is 2.83 bits per heavy atom. The minimum Gasteiger partial charge on any atom is -0.462 e. The molecule has 0 N–H and O–H groups in total. The van der Waals surface area contributed by atoms with Gasteiger partial charge in [-0.05, 0) is 25.8 Å². The number of hydrogen-bond donors (Lipinski definition) is 0. The van der Waals surface area contributed by atoms with E-state index in [9.17, 15) is 28.1 Å². The molecule has 0 bridgehead atoms. The molecule has 24 heavy (non-hydrogen) atoms. The number of carbonyl (C=O) groups excluding carboxylic acids is 1. The lowest BCUT2D eigenvalue weighted by Crippen LogP contribution is -2.42. The lowest BCUT2D eigenvalue weighted by atomic mass is 9.97. The van der Waals surface area contributed by atoms with E-state index in [0.29, 0.717) is 0 Å². The van der Waals surface area contributed by atoms with E-state index in [0.717, 1.165) is 12.3 Å². The fourth-order valence-electron chi connectivity index (χ4n) is 2.66. The molecule has 0 radical (unpaired) electrons. The molecule has 0 spiro atoms. The smallest absolute Gasteiger partial charge is 0.393 e. The number of carbonyl (C=O) groups is 1. The van der Waals surface area contributed by atoms with Crippen molar-refractivity contribution >= 4 is 17.5 Å². The summed E-state index contributed by atoms with van der Waals surface area (Å²) in [4.78, 5) is 27.5. The van der Waals surface area contributed by atoms with Crippen LogP contribution in [-0.4, -0.2) is 41.7 Å². The fourth-order valence-corrected chi connectivity index (χ4v) is 2.66. The second-order valence-electron chi connectivity index (χ2n) is 5.34. The van der Waals surface area contributed by atoms with E-state index in [4.69, 9.17) is 4.74 Å². The largest absolute Gasteiger partial charge is 0.462 e. The predicted octanol–water partition coefficient (Wildman–Crippen LogP) is 2.95. The maximum Gasteiger partial charge on any atom is 0.393 e. The number of anilines is 1. The normalized spacial score (nSPS) is 18.3. The Labute approximate surface area is 135 Å². The Kier molecular flexibility index (Phi) is 5.25. The first-order chi connectivity index (χ1) is 11.3. The molecular weight excluding hydrogens is 331 g/mol. The SMILES string of the molecule is CCOC(=O)c1ccnc(N2CCC[C@H](C(F)(F)F)C2)c1[N+](=O)[O-]. The molecule has 1 saturated heterocycles. The molecular formula is C14H16F3N3O4. The average Bonchev–Trinajstić information content (AvgIpc) is 2.53. The van der Waals surface area contributed by atoms with Crippen LogP contribution in [0.2, 0.25) is 0 Å². The van der Waals surface area contributed by atoms with Crippen molar-refractivity contribution in [2.24, 2.45) is 5.92 Å². The standard InChI is InChI=1S/C14H16F3N3O4/c1-2-24-13(21)10-5-6-18-12(11(10)20(22)23)19-7-3-4-9(8-19)14(15,16)17/h5-6,9H,2-4,7-8H2,1H3/t9-/m0/s1. The Morgan fingerprint density at radius 1 is 1.54 bits per heavy atom. The average molecular weight is 347 g/mol. The summed E-state index contributed by atoms with van der Waals surface area (Å²) in [5.41, 5.74) is -0.945. The summed E-state index contributed by atoms with van der Waals surface area (Å²) in [5.74, 6) is -2.73. The highest BCUT2D eigenvalue weighted by Gasteiger charge is 2.43. The summed E-state index contributed by atoms with van der Waals surface area (Å²) in [7, 11) is 0. The zero-order valence-corrected chi connectivity index (χ0v) is 12.9. The summed E-state index contributed by atoms with van der Waals surface area (Å²) >= 11 is 0. The maximum absolute atomic E-state index is 12.9. The van der Waals surface area contributed by atoms with Crippen LogP contribution in [0, 0.1) is 16.0 Å². The number of nitrogens with zero attached hydrogens (tertiary/aromatic N) is 3. The molecule has 0 unspecified atom stereocenters. The van der Waals surface area contributed by atoms with Gasteiger partial charge in [0.1, 0.15) is 5.56 Å². The number of nitro groups is 1. The van der Waals surface area contributed by atoms with E-state index in [2.05, 4.69) is 4.98 Å². The van der Waals surface area contributed by atoms with Crippen molar-refractivity contribution in [2.45, 2.75) is 25.9 Å². The summed E-state index contributed by atoms with van der Waals surface area (Å²) in [6, 6.07) is 1.13. The van der Waals surface area contributed by atoms with Crippen molar-refractivity contribution in [3.05, 3.63) is 27.9 Å². The molecule has 10 heteroatoms. The molecule has 1 aromatic heterocycles. The molecule has 0 amide bonds. The number of aromatic nitrogens is 1. The molecule has 132 valence electrons.